The molecule has 5 heteroatoms. The second-order valence-corrected chi connectivity index (χ2v) is 5.25. The molecule has 0 aliphatic rings. The molecule has 5 nitrogen and oxygen atoms in total. The van der Waals surface area contributed by atoms with Gasteiger partial charge in [-0.25, -0.2) is 4.98 Å². The smallest absolute Gasteiger partial charge is 0.224 e. The van der Waals surface area contributed by atoms with Crippen molar-refractivity contribution >= 4 is 17.5 Å². The molecule has 3 aromatic rings. The average Bonchev–Trinajstić information content (AvgIpc) is 2.71. The van der Waals surface area contributed by atoms with Gasteiger partial charge in [0, 0.05) is 24.3 Å². The molecule has 3 rings (SSSR count). The first-order valence-electron chi connectivity index (χ1n) is 8.72. The van der Waals surface area contributed by atoms with Gasteiger partial charge in [0.2, 0.25) is 5.95 Å². The molecule has 0 fully saturated rings. The molecule has 0 aliphatic heterocycles. The topological polar surface area (TPSA) is 53.9 Å². The molecule has 2 aromatic heterocycles. The fraction of sp³-hybridized carbons (Fsp3) is 0.190. The van der Waals surface area contributed by atoms with Crippen molar-refractivity contribution in [2.24, 2.45) is 0 Å². The summed E-state index contributed by atoms with van der Waals surface area (Å²) in [6, 6.07) is 15.8. The minimum absolute atomic E-state index is 0.554. The van der Waals surface area contributed by atoms with E-state index >= 15 is 0 Å². The first kappa shape index (κ1) is 19.1. The van der Waals surface area contributed by atoms with E-state index in [1.807, 2.05) is 61.2 Å². The summed E-state index contributed by atoms with van der Waals surface area (Å²) in [6.07, 6.45) is 5.26. The van der Waals surface area contributed by atoms with E-state index in [1.165, 1.54) is 0 Å². The van der Waals surface area contributed by atoms with Crippen LogP contribution < -0.4 is 10.2 Å². The largest absolute Gasteiger partial charge is 0.349 e. The number of aromatic nitrogens is 3. The van der Waals surface area contributed by atoms with E-state index in [4.69, 9.17) is 0 Å². The minimum atomic E-state index is 0.554. The molecular weight excluding hydrogens is 322 g/mol. The monoisotopic (exact) mass is 347 g/mol. The number of nitrogens with zero attached hydrogens (tertiary/aromatic N) is 4. The lowest BCUT2D eigenvalue weighted by molar-refractivity contribution is 0.995. The van der Waals surface area contributed by atoms with Gasteiger partial charge in [0.05, 0.1) is 12.2 Å². The highest BCUT2D eigenvalue weighted by atomic mass is 15.2. The number of aryl methyl sites for hydroxylation is 1. The van der Waals surface area contributed by atoms with Crippen LogP contribution in [0.15, 0.2) is 73.7 Å². The van der Waals surface area contributed by atoms with Crippen LogP contribution >= 0.6 is 0 Å². The molecule has 0 saturated heterocycles. The van der Waals surface area contributed by atoms with Crippen LogP contribution in [0.5, 0.6) is 0 Å². The molecule has 26 heavy (non-hydrogen) atoms. The first-order chi connectivity index (χ1) is 12.8. The normalized spacial score (nSPS) is 9.65. The van der Waals surface area contributed by atoms with Gasteiger partial charge in [-0.15, -0.1) is 0 Å². The Bertz CT molecular complexity index is 817. The molecule has 0 radical (unpaired) electrons. The Morgan fingerprint density at radius 2 is 1.77 bits per heavy atom. The van der Waals surface area contributed by atoms with Gasteiger partial charge in [0.15, 0.2) is 0 Å². The van der Waals surface area contributed by atoms with Gasteiger partial charge in [0.1, 0.15) is 5.82 Å². The lowest BCUT2D eigenvalue weighted by Gasteiger charge is -2.21. The maximum Gasteiger partial charge on any atom is 0.224 e. The van der Waals surface area contributed by atoms with Crippen LogP contribution in [0.3, 0.4) is 0 Å². The summed E-state index contributed by atoms with van der Waals surface area (Å²) >= 11 is 0. The van der Waals surface area contributed by atoms with Crippen molar-refractivity contribution in [1.82, 2.24) is 15.0 Å². The number of hydrogen-bond acceptors (Lipinski definition) is 5. The van der Waals surface area contributed by atoms with Gasteiger partial charge in [0.25, 0.3) is 0 Å². The molecule has 0 bridgehead atoms. The van der Waals surface area contributed by atoms with Gasteiger partial charge in [-0.1, -0.05) is 44.7 Å². The molecule has 0 saturated carbocycles. The van der Waals surface area contributed by atoms with E-state index < -0.39 is 0 Å². The van der Waals surface area contributed by atoms with Crippen molar-refractivity contribution in [1.29, 1.82) is 0 Å². The van der Waals surface area contributed by atoms with Gasteiger partial charge < -0.3 is 10.2 Å². The summed E-state index contributed by atoms with van der Waals surface area (Å²) in [5, 5.41) is 3.20. The van der Waals surface area contributed by atoms with Gasteiger partial charge >= 0.3 is 0 Å². The lowest BCUT2D eigenvalue weighted by atomic mass is 10.2. The number of para-hydroxylation sites is 1. The number of anilines is 3. The second kappa shape index (κ2) is 9.93. The highest BCUT2D eigenvalue weighted by Gasteiger charge is 2.10. The maximum absolute atomic E-state index is 4.58. The molecule has 0 amide bonds. The Hall–Kier alpha value is -3.21. The summed E-state index contributed by atoms with van der Waals surface area (Å²) in [7, 11) is 0. The van der Waals surface area contributed by atoms with Crippen LogP contribution in [0, 0.1) is 6.92 Å². The van der Waals surface area contributed by atoms with Crippen molar-refractivity contribution in [3.05, 3.63) is 85.0 Å². The van der Waals surface area contributed by atoms with Crippen LogP contribution in [0.2, 0.25) is 0 Å². The lowest BCUT2D eigenvalue weighted by Crippen LogP contribution is -2.13. The Morgan fingerprint density at radius 1 is 1.00 bits per heavy atom. The van der Waals surface area contributed by atoms with Crippen LogP contribution in [-0.4, -0.2) is 15.0 Å². The molecule has 0 unspecified atom stereocenters. The predicted octanol–water partition coefficient (Wildman–Crippen LogP) is 5.10. The fourth-order valence-corrected chi connectivity index (χ4v) is 2.39. The Labute approximate surface area is 155 Å². The molecule has 0 aliphatic carbocycles. The SMILES string of the molecule is C=CN(c1ccnc(NCc2ccccn2)n1)c1ccccc1C.CC. The van der Waals surface area contributed by atoms with E-state index in [0.717, 1.165) is 22.8 Å². The van der Waals surface area contributed by atoms with E-state index in [-0.39, 0.29) is 0 Å². The summed E-state index contributed by atoms with van der Waals surface area (Å²) < 4.78 is 0. The minimum Gasteiger partial charge on any atom is -0.349 e. The Balaban J connectivity index is 0.00000117. The van der Waals surface area contributed by atoms with Gasteiger partial charge in [-0.3, -0.25) is 4.98 Å². The molecule has 1 N–H and O–H groups in total. The summed E-state index contributed by atoms with van der Waals surface area (Å²) in [4.78, 5) is 15.1. The van der Waals surface area contributed by atoms with Crippen molar-refractivity contribution in [3.8, 4) is 0 Å². The highest BCUT2D eigenvalue weighted by Crippen LogP contribution is 2.27. The second-order valence-electron chi connectivity index (χ2n) is 5.25. The quantitative estimate of drug-likeness (QED) is 0.672. The number of pyridine rings is 1. The highest BCUT2D eigenvalue weighted by molar-refractivity contribution is 5.66. The summed E-state index contributed by atoms with van der Waals surface area (Å²) in [6.45, 7) is 10.5. The summed E-state index contributed by atoms with van der Waals surface area (Å²) in [5.41, 5.74) is 3.13. The zero-order valence-electron chi connectivity index (χ0n) is 15.6. The standard InChI is InChI=1S/C19H19N5.C2H6/c1-3-24(17-10-5-4-8-15(17)2)18-11-13-21-19(23-18)22-14-16-9-6-7-12-20-16;1-2/h3-13H,1,14H2,2H3,(H,21,22,23);1-2H3. The van der Waals surface area contributed by atoms with Crippen molar-refractivity contribution in [3.63, 3.8) is 0 Å². The number of nitrogens with one attached hydrogen (secondary N) is 1. The number of benzene rings is 1. The third-order valence-electron chi connectivity index (χ3n) is 3.60. The van der Waals surface area contributed by atoms with E-state index in [2.05, 4.69) is 39.8 Å². The molecule has 2 heterocycles. The zero-order chi connectivity index (χ0) is 18.8. The van der Waals surface area contributed by atoms with Crippen LogP contribution in [0.4, 0.5) is 17.5 Å². The number of hydrogen-bond donors (Lipinski definition) is 1. The van der Waals surface area contributed by atoms with Crippen LogP contribution in [-0.2, 0) is 6.54 Å². The van der Waals surface area contributed by atoms with Crippen molar-refractivity contribution < 1.29 is 0 Å². The molecule has 1 aromatic carbocycles. The zero-order valence-corrected chi connectivity index (χ0v) is 15.6. The van der Waals surface area contributed by atoms with Gasteiger partial charge in [-0.05, 0) is 36.8 Å². The molecule has 0 atom stereocenters. The van der Waals surface area contributed by atoms with Crippen molar-refractivity contribution in [2.75, 3.05) is 10.2 Å². The molecule has 134 valence electrons. The van der Waals surface area contributed by atoms with Crippen LogP contribution in [0.25, 0.3) is 0 Å². The number of rotatable bonds is 6. The maximum atomic E-state index is 4.58. The summed E-state index contributed by atoms with van der Waals surface area (Å²) in [5.74, 6) is 1.32. The molecular formula is C21H25N5. The fourth-order valence-electron chi connectivity index (χ4n) is 2.39. The Kier molecular flexibility index (Phi) is 7.31. The van der Waals surface area contributed by atoms with E-state index in [1.54, 1.807) is 18.6 Å². The third-order valence-corrected chi connectivity index (χ3v) is 3.60. The van der Waals surface area contributed by atoms with Crippen LogP contribution in [0.1, 0.15) is 25.1 Å². The Morgan fingerprint density at radius 3 is 2.46 bits per heavy atom. The van der Waals surface area contributed by atoms with Gasteiger partial charge in [-0.2, -0.15) is 4.98 Å². The van der Waals surface area contributed by atoms with Crippen molar-refractivity contribution in [2.45, 2.75) is 27.3 Å². The molecule has 0 spiro atoms. The van der Waals surface area contributed by atoms with E-state index in [0.29, 0.717) is 12.5 Å². The average molecular weight is 347 g/mol. The third kappa shape index (κ3) is 4.89. The first-order valence-corrected chi connectivity index (χ1v) is 8.72. The van der Waals surface area contributed by atoms with E-state index in [9.17, 15) is 0 Å². The predicted molar refractivity (Wildman–Crippen MR) is 108 cm³/mol.